The zero-order valence-corrected chi connectivity index (χ0v) is 31.4. The number of rotatable bonds is 8. The Balaban J connectivity index is 0.000000395. The molecule has 0 bridgehead atoms. The second-order valence-corrected chi connectivity index (χ2v) is 22.3. The van der Waals surface area contributed by atoms with Gasteiger partial charge in [-0.15, -0.1) is 0 Å². The Bertz CT molecular complexity index is 1670. The van der Waals surface area contributed by atoms with Gasteiger partial charge in [0.05, 0.1) is 6.10 Å². The Kier molecular flexibility index (Phi) is 17.4. The van der Waals surface area contributed by atoms with E-state index in [1.807, 2.05) is 60.7 Å². The van der Waals surface area contributed by atoms with E-state index in [0.717, 1.165) is 21.5 Å². The minimum absolute atomic E-state index is 0. The first-order valence-electron chi connectivity index (χ1n) is 12.2. The van der Waals surface area contributed by atoms with E-state index in [9.17, 15) is 18.5 Å². The molecule has 2 atom stereocenters. The molecule has 1 N–H and O–H groups in total. The number of hydrogen-bond donors (Lipinski definition) is 1. The second-order valence-electron chi connectivity index (χ2n) is 8.77. The summed E-state index contributed by atoms with van der Waals surface area (Å²) in [6.07, 6.45) is -3.81. The molecule has 0 radical (unpaired) electrons. The van der Waals surface area contributed by atoms with Crippen molar-refractivity contribution in [2.75, 3.05) is 0 Å². The van der Waals surface area contributed by atoms with Crippen LogP contribution in [0.2, 0.25) is 0 Å². The van der Waals surface area contributed by atoms with E-state index in [2.05, 4.69) is 38.8 Å². The molecule has 4 rings (SSSR count). The Morgan fingerprint density at radius 3 is 1.45 bits per heavy atom. The quantitative estimate of drug-likeness (QED) is 0.139. The highest BCUT2D eigenvalue weighted by molar-refractivity contribution is 8.24. The monoisotopic (exact) mass is 801 g/mol. The summed E-state index contributed by atoms with van der Waals surface area (Å²) >= 11 is 30.5. The van der Waals surface area contributed by atoms with E-state index in [1.165, 1.54) is 6.92 Å². The second kappa shape index (κ2) is 18.5. The normalized spacial score (nSPS) is 13.2. The van der Waals surface area contributed by atoms with E-state index >= 15 is 0 Å². The highest BCUT2D eigenvalue weighted by Crippen LogP contribution is 2.61. The molecule has 0 spiro atoms. The molecule has 0 aromatic heterocycles. The Morgan fingerprint density at radius 1 is 0.659 bits per heavy atom. The van der Waals surface area contributed by atoms with Gasteiger partial charge >= 0.3 is 24.1 Å². The van der Waals surface area contributed by atoms with Gasteiger partial charge in [0.15, 0.2) is 0 Å². The first-order chi connectivity index (χ1) is 19.8. The van der Waals surface area contributed by atoms with Gasteiger partial charge in [-0.2, -0.15) is 13.5 Å². The Hall–Kier alpha value is -0.790. The number of nitrogens with one attached hydrogen (secondary N) is 1. The van der Waals surface area contributed by atoms with Gasteiger partial charge in [0, 0.05) is 44.5 Å². The minimum Gasteiger partial charge on any atom is -0.462 e. The number of carbonyl (C=O) groups excluding carboxylic acids is 1. The van der Waals surface area contributed by atoms with Gasteiger partial charge in [-0.1, -0.05) is 72.8 Å². The predicted octanol–water partition coefficient (Wildman–Crippen LogP) is 12.2. The summed E-state index contributed by atoms with van der Waals surface area (Å²) in [5.41, 5.74) is 0. The van der Waals surface area contributed by atoms with Crippen LogP contribution in [0.5, 0.6) is 11.5 Å². The molecule has 242 valence electrons. The van der Waals surface area contributed by atoms with Gasteiger partial charge in [0.1, 0.15) is 17.5 Å². The molecule has 44 heavy (non-hydrogen) atoms. The maximum Gasteiger partial charge on any atom is 0.428 e. The fourth-order valence-corrected chi connectivity index (χ4v) is 5.97. The standard InChI is InChI=1S/C16H19ClNO4P.C10H7Cl2O2P.Cl3OP.H2S/c1-11(2)21-16(19)12(3)18-23(17,20)22-15-10-6-8-13-7-4-5-9-14(13)15;11-15(12,13)14-10-7-3-5-8-4-1-2-6-9(8)10;1-5(2,3)4;/h4-12H,1-3H3,(H,18,20);1-7H;;1H2/t12-,23?;;;/m0.../s1. The number of carbonyl (C=O) groups is 1. The van der Waals surface area contributed by atoms with Crippen molar-refractivity contribution in [3.05, 3.63) is 84.9 Å². The Morgan fingerprint density at radius 2 is 1.05 bits per heavy atom. The fourth-order valence-electron chi connectivity index (χ4n) is 3.44. The van der Waals surface area contributed by atoms with Crippen molar-refractivity contribution in [2.24, 2.45) is 0 Å². The summed E-state index contributed by atoms with van der Waals surface area (Å²) < 4.78 is 48.6. The molecule has 0 saturated carbocycles. The van der Waals surface area contributed by atoms with E-state index in [0.29, 0.717) is 11.5 Å². The van der Waals surface area contributed by atoms with Gasteiger partial charge in [-0.25, -0.2) is 14.2 Å². The van der Waals surface area contributed by atoms with Crippen molar-refractivity contribution in [2.45, 2.75) is 32.9 Å². The molecule has 0 aliphatic heterocycles. The van der Waals surface area contributed by atoms with Crippen LogP contribution >= 0.6 is 99.1 Å². The molecule has 4 aromatic carbocycles. The summed E-state index contributed by atoms with van der Waals surface area (Å²) in [6, 6.07) is 25.0. The fraction of sp³-hybridized carbons (Fsp3) is 0.192. The summed E-state index contributed by atoms with van der Waals surface area (Å²) in [4.78, 5) is 11.8. The zero-order valence-electron chi connectivity index (χ0n) is 23.2. The number of halogens is 6. The van der Waals surface area contributed by atoms with Crippen LogP contribution in [0.1, 0.15) is 20.8 Å². The van der Waals surface area contributed by atoms with Crippen molar-refractivity contribution >= 4 is 127 Å². The van der Waals surface area contributed by atoms with Crippen molar-refractivity contribution < 1.29 is 32.3 Å². The van der Waals surface area contributed by atoms with Gasteiger partial charge in [0.25, 0.3) is 0 Å². The minimum atomic E-state index is -3.75. The van der Waals surface area contributed by atoms with Crippen molar-refractivity contribution in [1.82, 2.24) is 5.09 Å². The number of esters is 1. The maximum absolute atomic E-state index is 12.5. The zero-order chi connectivity index (χ0) is 32.4. The van der Waals surface area contributed by atoms with E-state index in [-0.39, 0.29) is 19.6 Å². The van der Waals surface area contributed by atoms with Crippen molar-refractivity contribution in [3.8, 4) is 11.5 Å². The summed E-state index contributed by atoms with van der Waals surface area (Å²) in [7, 11) is 0. The number of hydrogen-bond acceptors (Lipinski definition) is 7. The SMILES string of the molecule is CC(C)OC(=O)[C@H](C)NP(=O)(Cl)Oc1cccc2ccccc12.O=P(Cl)(Cl)Cl.O=P(Cl)(Cl)Oc1cccc2ccccc12.S. The molecular formula is C26H28Cl6NO7P3S. The lowest BCUT2D eigenvalue weighted by molar-refractivity contribution is -0.149. The molecule has 0 fully saturated rings. The number of fused-ring (bicyclic) bond motifs is 2. The third kappa shape index (κ3) is 16.2. The molecule has 0 amide bonds. The van der Waals surface area contributed by atoms with E-state index < -0.39 is 30.2 Å². The predicted molar refractivity (Wildman–Crippen MR) is 191 cm³/mol. The number of benzene rings is 4. The van der Waals surface area contributed by atoms with Crippen molar-refractivity contribution in [1.29, 1.82) is 0 Å². The van der Waals surface area contributed by atoms with Gasteiger partial charge in [-0.3, -0.25) is 9.36 Å². The topological polar surface area (TPSA) is 108 Å². The van der Waals surface area contributed by atoms with Crippen LogP contribution in [-0.2, 0) is 23.2 Å². The van der Waals surface area contributed by atoms with Crippen LogP contribution in [0.15, 0.2) is 84.9 Å². The largest absolute Gasteiger partial charge is 0.462 e. The molecule has 8 nitrogen and oxygen atoms in total. The lowest BCUT2D eigenvalue weighted by atomic mass is 10.1. The maximum atomic E-state index is 12.5. The summed E-state index contributed by atoms with van der Waals surface area (Å²) in [5, 5.41) is 2.82. The molecule has 4 aromatic rings. The molecule has 0 aliphatic rings. The summed E-state index contributed by atoms with van der Waals surface area (Å²) in [5.74, 6) is 0.280. The first-order valence-corrected chi connectivity index (χ1v) is 22.5. The molecular weight excluding hydrogens is 776 g/mol. The van der Waals surface area contributed by atoms with Gasteiger partial charge < -0.3 is 13.8 Å². The number of ether oxygens (including phenoxy) is 1. The smallest absolute Gasteiger partial charge is 0.428 e. The van der Waals surface area contributed by atoms with E-state index in [1.54, 1.807) is 38.1 Å². The van der Waals surface area contributed by atoms with Crippen LogP contribution in [0.3, 0.4) is 0 Å². The summed E-state index contributed by atoms with van der Waals surface area (Å²) in [6.45, 7) is 1.24. The van der Waals surface area contributed by atoms with Gasteiger partial charge in [0.2, 0.25) is 0 Å². The molecule has 1 unspecified atom stereocenters. The first kappa shape index (κ1) is 41.2. The third-order valence-corrected chi connectivity index (χ3v) is 7.42. The van der Waals surface area contributed by atoms with Crippen LogP contribution < -0.4 is 14.1 Å². The van der Waals surface area contributed by atoms with Crippen LogP contribution in [0.4, 0.5) is 0 Å². The molecule has 18 heteroatoms. The Labute approximate surface area is 291 Å². The average molecular weight is 804 g/mol. The highest BCUT2D eigenvalue weighted by Gasteiger charge is 2.29. The van der Waals surface area contributed by atoms with Crippen LogP contribution in [0, 0.1) is 0 Å². The van der Waals surface area contributed by atoms with Gasteiger partial charge in [-0.05, 0) is 77.4 Å². The average Bonchev–Trinajstić information content (AvgIpc) is 2.87. The van der Waals surface area contributed by atoms with Crippen LogP contribution in [-0.4, -0.2) is 18.1 Å². The highest BCUT2D eigenvalue weighted by atomic mass is 36.0. The molecule has 0 saturated heterocycles. The molecule has 0 heterocycles. The van der Waals surface area contributed by atoms with E-state index in [4.69, 9.17) is 47.5 Å². The van der Waals surface area contributed by atoms with Crippen LogP contribution in [0.25, 0.3) is 21.5 Å². The van der Waals surface area contributed by atoms with Crippen molar-refractivity contribution in [3.63, 3.8) is 0 Å². The molecule has 0 aliphatic carbocycles. The third-order valence-electron chi connectivity index (χ3n) is 4.97. The lowest BCUT2D eigenvalue weighted by Gasteiger charge is -2.19. The lowest BCUT2D eigenvalue weighted by Crippen LogP contribution is -2.34.